The van der Waals surface area contributed by atoms with E-state index in [-0.39, 0.29) is 32.2 Å². The monoisotopic (exact) mass is 939 g/mol. The molecule has 0 rings (SSSR count). The Bertz CT molecular complexity index is 1370. The van der Waals surface area contributed by atoms with E-state index in [0.717, 1.165) is 96.3 Å². The first-order chi connectivity index (χ1) is 32.6. The van der Waals surface area contributed by atoms with Gasteiger partial charge < -0.3 is 28.5 Å². The number of nitrogens with zero attached hydrogens (tertiary/aromatic N) is 1. The second-order valence-corrected chi connectivity index (χ2v) is 18.8. The summed E-state index contributed by atoms with van der Waals surface area (Å²) >= 11 is 0. The molecular formula is C58H100NO8+. The van der Waals surface area contributed by atoms with Crippen molar-refractivity contribution in [1.82, 2.24) is 0 Å². The molecule has 0 amide bonds. The number of carboxylic acids is 1. The SMILES string of the molecule is CC/C=C\C/C=C\C/C=C\C/C=C\C/C=C\C/C=C\C/C=C\CCCCCCCC(=O)OC(COC(=O)CCCCCCCCCCCCCCCCC)COC(OCC[N+](C)(C)C)C(=O)O. The molecule has 9 heteroatoms. The Labute approximate surface area is 410 Å². The summed E-state index contributed by atoms with van der Waals surface area (Å²) in [6.45, 7) is 4.74. The fourth-order valence-corrected chi connectivity index (χ4v) is 7.05. The lowest BCUT2D eigenvalue weighted by atomic mass is 10.0. The molecular weight excluding hydrogens is 839 g/mol. The molecule has 0 aromatic carbocycles. The Morgan fingerprint density at radius 1 is 0.463 bits per heavy atom. The molecule has 2 atom stereocenters. The first-order valence-corrected chi connectivity index (χ1v) is 26.8. The highest BCUT2D eigenvalue weighted by molar-refractivity contribution is 5.71. The fourth-order valence-electron chi connectivity index (χ4n) is 7.05. The first-order valence-electron chi connectivity index (χ1n) is 26.8. The van der Waals surface area contributed by atoms with Crippen molar-refractivity contribution < 1.29 is 42.9 Å². The molecule has 0 fully saturated rings. The summed E-state index contributed by atoms with van der Waals surface area (Å²) < 4.78 is 22.8. The zero-order chi connectivity index (χ0) is 49.2. The zero-order valence-corrected chi connectivity index (χ0v) is 43.5. The third kappa shape index (κ3) is 50.2. The number of rotatable bonds is 48. The largest absolute Gasteiger partial charge is 0.477 e. The number of carbonyl (C=O) groups excluding carboxylic acids is 2. The Kier molecular flexibility index (Phi) is 46.3. The van der Waals surface area contributed by atoms with Gasteiger partial charge in [-0.2, -0.15) is 0 Å². The van der Waals surface area contributed by atoms with Crippen LogP contribution >= 0.6 is 0 Å². The molecule has 384 valence electrons. The number of hydrogen-bond donors (Lipinski definition) is 1. The van der Waals surface area contributed by atoms with Gasteiger partial charge in [-0.3, -0.25) is 9.59 Å². The van der Waals surface area contributed by atoms with Gasteiger partial charge in [-0.15, -0.1) is 0 Å². The number of unbranched alkanes of at least 4 members (excludes halogenated alkanes) is 19. The first kappa shape index (κ1) is 63.5. The van der Waals surface area contributed by atoms with E-state index in [2.05, 4.69) is 98.9 Å². The molecule has 9 nitrogen and oxygen atoms in total. The number of carbonyl (C=O) groups is 3. The minimum Gasteiger partial charge on any atom is -0.477 e. The van der Waals surface area contributed by atoms with Crippen LogP contribution in [-0.4, -0.2) is 87.4 Å². The topological polar surface area (TPSA) is 108 Å². The smallest absolute Gasteiger partial charge is 0.361 e. The number of likely N-dealkylation sites (N-methyl/N-ethyl adjacent to an activating group) is 1. The summed E-state index contributed by atoms with van der Waals surface area (Å²) in [7, 11) is 5.95. The van der Waals surface area contributed by atoms with Crippen molar-refractivity contribution in [3.05, 3.63) is 85.1 Å². The standard InChI is InChI=1S/C58H99NO8/c1-6-8-10-12-14-16-18-20-22-23-24-25-26-27-28-29-30-31-32-33-35-37-39-41-43-45-47-49-56(61)67-54(53-66-58(57(62)63)64-51-50-59(3,4)5)52-65-55(60)48-46-44-42-40-38-36-34-21-19-17-15-13-11-9-7-2/h8,10,14,16,20,22,24-25,27-28,30-31,33,35,54,58H,6-7,9,11-13,15,17-19,21,23,26,29,32,34,36-53H2,1-5H3/p+1/b10-8-,16-14-,22-20-,25-24-,28-27-,31-30-,35-33-. The van der Waals surface area contributed by atoms with Crippen LogP contribution in [0.1, 0.15) is 206 Å². The van der Waals surface area contributed by atoms with Gasteiger partial charge in [0.15, 0.2) is 6.10 Å². The summed E-state index contributed by atoms with van der Waals surface area (Å²) in [6, 6.07) is 0. The van der Waals surface area contributed by atoms with E-state index in [1.165, 1.54) is 77.0 Å². The van der Waals surface area contributed by atoms with Crippen molar-refractivity contribution in [3.8, 4) is 0 Å². The van der Waals surface area contributed by atoms with E-state index >= 15 is 0 Å². The lowest BCUT2D eigenvalue weighted by Crippen LogP contribution is -2.40. The summed E-state index contributed by atoms with van der Waals surface area (Å²) in [4.78, 5) is 37.3. The molecule has 0 bridgehead atoms. The Morgan fingerprint density at radius 2 is 0.851 bits per heavy atom. The minimum atomic E-state index is -1.52. The maximum Gasteiger partial charge on any atom is 0.361 e. The van der Waals surface area contributed by atoms with Gasteiger partial charge in [0.1, 0.15) is 13.2 Å². The highest BCUT2D eigenvalue weighted by Crippen LogP contribution is 2.15. The van der Waals surface area contributed by atoms with Crippen molar-refractivity contribution in [2.45, 2.75) is 219 Å². The number of allylic oxidation sites excluding steroid dienone is 14. The van der Waals surface area contributed by atoms with Crippen molar-refractivity contribution in [2.75, 3.05) is 47.5 Å². The second kappa shape index (κ2) is 48.9. The fraction of sp³-hybridized carbons (Fsp3) is 0.707. The van der Waals surface area contributed by atoms with Crippen molar-refractivity contribution in [1.29, 1.82) is 0 Å². The van der Waals surface area contributed by atoms with Crippen molar-refractivity contribution in [2.24, 2.45) is 0 Å². The van der Waals surface area contributed by atoms with E-state index in [1.54, 1.807) is 0 Å². The summed E-state index contributed by atoms with van der Waals surface area (Å²) in [5, 5.41) is 9.68. The molecule has 0 spiro atoms. The molecule has 1 N–H and O–H groups in total. The average Bonchev–Trinajstić information content (AvgIpc) is 3.29. The highest BCUT2D eigenvalue weighted by Gasteiger charge is 2.25. The molecule has 0 aliphatic carbocycles. The molecule has 0 radical (unpaired) electrons. The minimum absolute atomic E-state index is 0.180. The van der Waals surface area contributed by atoms with Gasteiger partial charge in [-0.1, -0.05) is 208 Å². The van der Waals surface area contributed by atoms with E-state index in [9.17, 15) is 19.5 Å². The van der Waals surface area contributed by atoms with Gasteiger partial charge in [0.05, 0.1) is 34.4 Å². The number of quaternary nitrogens is 1. The van der Waals surface area contributed by atoms with Gasteiger partial charge in [0.2, 0.25) is 0 Å². The molecule has 0 saturated carbocycles. The number of esters is 2. The summed E-state index contributed by atoms with van der Waals surface area (Å²) in [6.07, 6.45) is 60.7. The van der Waals surface area contributed by atoms with Gasteiger partial charge >= 0.3 is 17.9 Å². The number of carboxylic acid groups (broad SMARTS) is 1. The molecule has 0 aromatic rings. The highest BCUT2D eigenvalue weighted by atomic mass is 16.7. The van der Waals surface area contributed by atoms with Crippen LogP contribution in [0.5, 0.6) is 0 Å². The van der Waals surface area contributed by atoms with Crippen LogP contribution in [0.15, 0.2) is 85.1 Å². The molecule has 0 aliphatic rings. The van der Waals surface area contributed by atoms with Crippen LogP contribution in [-0.2, 0) is 33.3 Å². The number of ether oxygens (including phenoxy) is 4. The Balaban J connectivity index is 4.36. The number of aliphatic carboxylic acids is 1. The van der Waals surface area contributed by atoms with Gasteiger partial charge in [-0.05, 0) is 70.6 Å². The lowest BCUT2D eigenvalue weighted by Gasteiger charge is -2.25. The molecule has 0 heterocycles. The zero-order valence-electron chi connectivity index (χ0n) is 43.5. The Hall–Kier alpha value is -3.53. The van der Waals surface area contributed by atoms with Crippen LogP contribution in [0.3, 0.4) is 0 Å². The maximum atomic E-state index is 12.8. The van der Waals surface area contributed by atoms with E-state index in [4.69, 9.17) is 18.9 Å². The van der Waals surface area contributed by atoms with Crippen LogP contribution < -0.4 is 0 Å². The third-order valence-corrected chi connectivity index (χ3v) is 11.2. The molecule has 0 saturated heterocycles. The van der Waals surface area contributed by atoms with Crippen molar-refractivity contribution in [3.63, 3.8) is 0 Å². The molecule has 67 heavy (non-hydrogen) atoms. The van der Waals surface area contributed by atoms with E-state index < -0.39 is 24.3 Å². The lowest BCUT2D eigenvalue weighted by molar-refractivity contribution is -0.870. The summed E-state index contributed by atoms with van der Waals surface area (Å²) in [5.41, 5.74) is 0. The predicted molar refractivity (Wildman–Crippen MR) is 281 cm³/mol. The van der Waals surface area contributed by atoms with Crippen LogP contribution in [0, 0.1) is 0 Å². The van der Waals surface area contributed by atoms with Gasteiger partial charge in [-0.25, -0.2) is 4.79 Å². The average molecular weight is 939 g/mol. The normalized spacial score (nSPS) is 13.5. The van der Waals surface area contributed by atoms with Crippen LogP contribution in [0.4, 0.5) is 0 Å². The molecule has 2 unspecified atom stereocenters. The predicted octanol–water partition coefficient (Wildman–Crippen LogP) is 15.2. The van der Waals surface area contributed by atoms with E-state index in [0.29, 0.717) is 23.9 Å². The quantitative estimate of drug-likeness (QED) is 0.0211. The van der Waals surface area contributed by atoms with Gasteiger partial charge in [0.25, 0.3) is 6.29 Å². The number of hydrogen-bond acceptors (Lipinski definition) is 7. The molecule has 0 aliphatic heterocycles. The van der Waals surface area contributed by atoms with Gasteiger partial charge in [0, 0.05) is 12.8 Å². The van der Waals surface area contributed by atoms with E-state index in [1.807, 2.05) is 21.1 Å². The van der Waals surface area contributed by atoms with Crippen molar-refractivity contribution >= 4 is 17.9 Å². The Morgan fingerprint density at radius 3 is 1.27 bits per heavy atom. The second-order valence-electron chi connectivity index (χ2n) is 18.8. The summed E-state index contributed by atoms with van der Waals surface area (Å²) in [5.74, 6) is -2.03. The maximum absolute atomic E-state index is 12.8. The molecule has 0 aromatic heterocycles. The van der Waals surface area contributed by atoms with Crippen LogP contribution in [0.2, 0.25) is 0 Å². The van der Waals surface area contributed by atoms with Crippen LogP contribution in [0.25, 0.3) is 0 Å². The third-order valence-electron chi connectivity index (χ3n) is 11.2.